The third-order valence-corrected chi connectivity index (χ3v) is 4.20. The van der Waals surface area contributed by atoms with Crippen LogP contribution in [0.5, 0.6) is 0 Å². The van der Waals surface area contributed by atoms with Gasteiger partial charge in [0.05, 0.1) is 30.2 Å². The van der Waals surface area contributed by atoms with Gasteiger partial charge < -0.3 is 10.6 Å². The summed E-state index contributed by atoms with van der Waals surface area (Å²) >= 11 is 5.26. The molecule has 10 heteroatoms. The van der Waals surface area contributed by atoms with Gasteiger partial charge in [0.25, 0.3) is 0 Å². The molecule has 0 amide bonds. The Labute approximate surface area is 165 Å². The van der Waals surface area contributed by atoms with Crippen LogP contribution in [0.2, 0.25) is 0 Å². The summed E-state index contributed by atoms with van der Waals surface area (Å²) in [6, 6.07) is 5.19. The predicted octanol–water partition coefficient (Wildman–Crippen LogP) is 3.65. The molecule has 6 nitrogen and oxygen atoms in total. The fourth-order valence-electron chi connectivity index (χ4n) is 2.58. The van der Waals surface area contributed by atoms with E-state index in [-0.39, 0.29) is 6.54 Å². The van der Waals surface area contributed by atoms with Crippen molar-refractivity contribution in [1.29, 1.82) is 0 Å². The van der Waals surface area contributed by atoms with E-state index in [1.165, 1.54) is 6.07 Å². The van der Waals surface area contributed by atoms with Crippen LogP contribution in [-0.4, -0.2) is 24.7 Å². The van der Waals surface area contributed by atoms with E-state index >= 15 is 0 Å². The number of hydrogen-bond acceptors (Lipinski definition) is 3. The Hall–Kier alpha value is -2.88. The van der Waals surface area contributed by atoms with Crippen molar-refractivity contribution in [2.24, 2.45) is 0 Å². The lowest BCUT2D eigenvalue weighted by Gasteiger charge is -2.09. The summed E-state index contributed by atoms with van der Waals surface area (Å²) in [4.78, 5) is 0. The van der Waals surface area contributed by atoms with Crippen LogP contribution >= 0.6 is 12.2 Å². The van der Waals surface area contributed by atoms with Gasteiger partial charge in [0.15, 0.2) is 5.11 Å². The van der Waals surface area contributed by atoms with Gasteiger partial charge in [0, 0.05) is 31.0 Å². The number of halogens is 3. The lowest BCUT2D eigenvalue weighted by molar-refractivity contribution is -0.137. The molecular weight excluding hydrogens is 389 g/mol. The lowest BCUT2D eigenvalue weighted by atomic mass is 10.1. The number of hydrogen-bond donors (Lipinski definition) is 2. The zero-order valence-corrected chi connectivity index (χ0v) is 15.9. The summed E-state index contributed by atoms with van der Waals surface area (Å²) in [6.07, 6.45) is 2.59. The molecule has 0 atom stereocenters. The minimum atomic E-state index is -4.36. The third kappa shape index (κ3) is 5.32. The fraction of sp³-hybridized carbons (Fsp3) is 0.278. The number of nitrogens with zero attached hydrogens (tertiary/aromatic N) is 4. The number of aromatic nitrogens is 4. The molecule has 0 unspecified atom stereocenters. The van der Waals surface area contributed by atoms with E-state index in [0.717, 1.165) is 24.2 Å². The van der Waals surface area contributed by atoms with Crippen molar-refractivity contribution in [1.82, 2.24) is 24.9 Å². The van der Waals surface area contributed by atoms with E-state index in [9.17, 15) is 13.2 Å². The summed E-state index contributed by atoms with van der Waals surface area (Å²) in [5.41, 5.74) is 1.49. The highest BCUT2D eigenvalue weighted by molar-refractivity contribution is 7.80. The molecule has 0 spiro atoms. The van der Waals surface area contributed by atoms with Gasteiger partial charge >= 0.3 is 6.18 Å². The highest BCUT2D eigenvalue weighted by Crippen LogP contribution is 2.29. The van der Waals surface area contributed by atoms with Gasteiger partial charge in [-0.15, -0.1) is 0 Å². The monoisotopic (exact) mass is 408 g/mol. The molecule has 0 aliphatic heterocycles. The summed E-state index contributed by atoms with van der Waals surface area (Å²) in [6.45, 7) is 3.56. The first-order valence-electron chi connectivity index (χ1n) is 8.58. The van der Waals surface area contributed by atoms with Crippen LogP contribution < -0.4 is 10.6 Å². The number of alkyl halides is 3. The average Bonchev–Trinajstić information content (AvgIpc) is 3.29. The molecule has 0 saturated heterocycles. The summed E-state index contributed by atoms with van der Waals surface area (Å²) in [5.74, 6) is 0. The molecule has 0 saturated carbocycles. The van der Waals surface area contributed by atoms with E-state index < -0.39 is 11.7 Å². The van der Waals surface area contributed by atoms with Gasteiger partial charge in [0.2, 0.25) is 0 Å². The van der Waals surface area contributed by atoms with Gasteiger partial charge in [-0.3, -0.25) is 9.36 Å². The number of benzene rings is 1. The Bertz CT molecular complexity index is 947. The molecule has 0 radical (unpaired) electrons. The maximum atomic E-state index is 12.8. The molecule has 0 fully saturated rings. The molecule has 0 aliphatic rings. The molecule has 148 valence electrons. The predicted molar refractivity (Wildman–Crippen MR) is 104 cm³/mol. The van der Waals surface area contributed by atoms with Gasteiger partial charge in [-0.05, 0) is 36.8 Å². The zero-order valence-electron chi connectivity index (χ0n) is 15.1. The number of nitrogens with one attached hydrogen (secondary N) is 2. The quantitative estimate of drug-likeness (QED) is 0.610. The number of thiocarbonyl (C=S) groups is 1. The smallest absolute Gasteiger partial charge is 0.358 e. The molecule has 3 aromatic rings. The van der Waals surface area contributed by atoms with E-state index in [2.05, 4.69) is 20.8 Å². The second-order valence-electron chi connectivity index (χ2n) is 6.14. The third-order valence-electron chi connectivity index (χ3n) is 3.95. The van der Waals surface area contributed by atoms with Crippen LogP contribution in [0.25, 0.3) is 0 Å². The van der Waals surface area contributed by atoms with Crippen molar-refractivity contribution in [3.05, 3.63) is 65.7 Å². The van der Waals surface area contributed by atoms with Crippen LogP contribution in [0.1, 0.15) is 23.6 Å². The highest BCUT2D eigenvalue weighted by Gasteiger charge is 2.30. The largest absolute Gasteiger partial charge is 0.416 e. The van der Waals surface area contributed by atoms with Crippen LogP contribution in [-0.2, 0) is 25.8 Å². The van der Waals surface area contributed by atoms with E-state index in [1.807, 2.05) is 17.8 Å². The van der Waals surface area contributed by atoms with Crippen LogP contribution in [0.4, 0.5) is 18.9 Å². The Morgan fingerprint density at radius 1 is 1.11 bits per heavy atom. The van der Waals surface area contributed by atoms with Crippen LogP contribution in [0, 0.1) is 0 Å². The van der Waals surface area contributed by atoms with Crippen molar-refractivity contribution in [2.75, 3.05) is 5.32 Å². The molecule has 28 heavy (non-hydrogen) atoms. The van der Waals surface area contributed by atoms with Gasteiger partial charge in [-0.2, -0.15) is 23.4 Å². The first kappa shape index (κ1) is 19.9. The lowest BCUT2D eigenvalue weighted by Crippen LogP contribution is -2.27. The van der Waals surface area contributed by atoms with Crippen molar-refractivity contribution in [2.45, 2.75) is 32.7 Å². The minimum Gasteiger partial charge on any atom is -0.358 e. The topological polar surface area (TPSA) is 59.7 Å². The number of anilines is 1. The van der Waals surface area contributed by atoms with Crippen LogP contribution in [0.15, 0.2) is 49.1 Å². The standard InChI is InChI=1S/C18H19F3N6S/c1-2-26-11-14(8-23-26)7-22-17(28)25-16-9-24-27(12-16)10-13-4-3-5-15(6-13)18(19,20)21/h3-6,8-9,11-12H,2,7,10H2,1H3,(H2,22,25,28). The molecule has 0 aliphatic carbocycles. The molecule has 2 heterocycles. The van der Waals surface area contributed by atoms with E-state index in [4.69, 9.17) is 12.2 Å². The second kappa shape index (κ2) is 8.42. The second-order valence-corrected chi connectivity index (χ2v) is 6.54. The van der Waals surface area contributed by atoms with Gasteiger partial charge in [-0.25, -0.2) is 0 Å². The first-order chi connectivity index (χ1) is 13.3. The van der Waals surface area contributed by atoms with Crippen LogP contribution in [0.3, 0.4) is 0 Å². The van der Waals surface area contributed by atoms with Crippen molar-refractivity contribution in [3.63, 3.8) is 0 Å². The fourth-order valence-corrected chi connectivity index (χ4v) is 2.77. The maximum Gasteiger partial charge on any atom is 0.416 e. The molecule has 0 bridgehead atoms. The number of aryl methyl sites for hydroxylation is 1. The van der Waals surface area contributed by atoms with Crippen molar-refractivity contribution >= 4 is 23.0 Å². The van der Waals surface area contributed by atoms with Gasteiger partial charge in [0.1, 0.15) is 0 Å². The zero-order chi connectivity index (χ0) is 20.1. The molecule has 1 aromatic carbocycles. The minimum absolute atomic E-state index is 0.224. The normalized spacial score (nSPS) is 11.4. The highest BCUT2D eigenvalue weighted by atomic mass is 32.1. The summed E-state index contributed by atoms with van der Waals surface area (Å²) in [7, 11) is 0. The van der Waals surface area contributed by atoms with Gasteiger partial charge in [-0.1, -0.05) is 12.1 Å². The average molecular weight is 408 g/mol. The van der Waals surface area contributed by atoms with Crippen molar-refractivity contribution < 1.29 is 13.2 Å². The Morgan fingerprint density at radius 3 is 2.61 bits per heavy atom. The Balaban J connectivity index is 1.54. The summed E-state index contributed by atoms with van der Waals surface area (Å²) < 4.78 is 41.8. The Morgan fingerprint density at radius 2 is 1.89 bits per heavy atom. The Kier molecular flexibility index (Phi) is 5.98. The molecule has 2 N–H and O–H groups in total. The van der Waals surface area contributed by atoms with E-state index in [0.29, 0.717) is 22.9 Å². The number of rotatable bonds is 6. The van der Waals surface area contributed by atoms with E-state index in [1.54, 1.807) is 29.3 Å². The molecular formula is C18H19F3N6S. The molecule has 2 aromatic heterocycles. The summed E-state index contributed by atoms with van der Waals surface area (Å²) in [5, 5.41) is 14.8. The molecule has 3 rings (SSSR count). The maximum absolute atomic E-state index is 12.8. The first-order valence-corrected chi connectivity index (χ1v) is 8.99. The SMILES string of the molecule is CCn1cc(CNC(=S)Nc2cnn(Cc3cccc(C(F)(F)F)c3)c2)cn1. The van der Waals surface area contributed by atoms with Crippen molar-refractivity contribution in [3.8, 4) is 0 Å².